The third-order valence-electron chi connectivity index (χ3n) is 1.75. The van der Waals surface area contributed by atoms with E-state index in [0.717, 1.165) is 0 Å². The zero-order valence-corrected chi connectivity index (χ0v) is 8.99. The van der Waals surface area contributed by atoms with Crippen molar-refractivity contribution in [2.45, 2.75) is 0 Å². The molecule has 0 bridgehead atoms. The maximum Gasteiger partial charge on any atom is 0.163 e. The summed E-state index contributed by atoms with van der Waals surface area (Å²) in [5.74, 6) is 1.35. The summed E-state index contributed by atoms with van der Waals surface area (Å²) in [7, 11) is 0. The van der Waals surface area contributed by atoms with Gasteiger partial charge < -0.3 is 20.9 Å². The first-order chi connectivity index (χ1) is 5.77. The fourth-order valence-corrected chi connectivity index (χ4v) is 1.12. The molecule has 0 aliphatic carbocycles. The van der Waals surface area contributed by atoms with Gasteiger partial charge in [-0.3, -0.25) is 0 Å². The van der Waals surface area contributed by atoms with Crippen LogP contribution >= 0.6 is 24.8 Å². The first-order valence-electron chi connectivity index (χ1n) is 3.72. The van der Waals surface area contributed by atoms with Crippen molar-refractivity contribution in [2.75, 3.05) is 24.7 Å². The number of nitrogens with two attached hydrogens (primary N) is 2. The second-order valence-corrected chi connectivity index (χ2v) is 2.62. The highest BCUT2D eigenvalue weighted by atomic mass is 35.5. The van der Waals surface area contributed by atoms with Crippen LogP contribution in [0.15, 0.2) is 12.1 Å². The van der Waals surface area contributed by atoms with Crippen LogP contribution in [0.1, 0.15) is 0 Å². The zero-order valence-electron chi connectivity index (χ0n) is 7.36. The van der Waals surface area contributed by atoms with Crippen LogP contribution in [-0.4, -0.2) is 13.2 Å². The van der Waals surface area contributed by atoms with Crippen LogP contribution in [-0.2, 0) is 0 Å². The maximum atomic E-state index is 5.58. The van der Waals surface area contributed by atoms with Gasteiger partial charge in [-0.2, -0.15) is 0 Å². The fourth-order valence-electron chi connectivity index (χ4n) is 1.12. The fraction of sp³-hybridized carbons (Fsp3) is 0.250. The Morgan fingerprint density at radius 3 is 1.57 bits per heavy atom. The number of halogens is 2. The second kappa shape index (κ2) is 5.02. The van der Waals surface area contributed by atoms with Crippen molar-refractivity contribution in [3.05, 3.63) is 12.1 Å². The molecule has 0 saturated carbocycles. The van der Waals surface area contributed by atoms with Gasteiger partial charge in [0.2, 0.25) is 0 Å². The Balaban J connectivity index is 0.000000845. The van der Waals surface area contributed by atoms with E-state index in [9.17, 15) is 0 Å². The normalized spacial score (nSPS) is 12.3. The number of ether oxygens (including phenoxy) is 2. The maximum absolute atomic E-state index is 5.58. The minimum Gasteiger partial charge on any atom is -0.486 e. The third kappa shape index (κ3) is 2.27. The molecule has 0 aromatic heterocycles. The first kappa shape index (κ1) is 13.0. The van der Waals surface area contributed by atoms with Crippen molar-refractivity contribution in [1.29, 1.82) is 0 Å². The molecule has 4 N–H and O–H groups in total. The number of fused-ring (bicyclic) bond motifs is 1. The molecule has 1 aromatic rings. The van der Waals surface area contributed by atoms with Crippen LogP contribution in [0, 0.1) is 0 Å². The minimum absolute atomic E-state index is 0. The molecule has 0 saturated heterocycles. The van der Waals surface area contributed by atoms with Crippen LogP contribution in [0.25, 0.3) is 0 Å². The van der Waals surface area contributed by atoms with Crippen LogP contribution in [0.4, 0.5) is 11.4 Å². The summed E-state index contributed by atoms with van der Waals surface area (Å²) >= 11 is 0. The smallest absolute Gasteiger partial charge is 0.163 e. The van der Waals surface area contributed by atoms with Crippen molar-refractivity contribution in [3.8, 4) is 11.5 Å². The zero-order chi connectivity index (χ0) is 8.55. The van der Waals surface area contributed by atoms with Crippen LogP contribution in [0.2, 0.25) is 0 Å². The van der Waals surface area contributed by atoms with Crippen molar-refractivity contribution in [3.63, 3.8) is 0 Å². The Kier molecular flexibility index (Phi) is 4.67. The number of hydrogen-bond acceptors (Lipinski definition) is 4. The molecule has 1 heterocycles. The highest BCUT2D eigenvalue weighted by molar-refractivity contribution is 5.85. The van der Waals surface area contributed by atoms with E-state index in [2.05, 4.69) is 0 Å². The average molecular weight is 239 g/mol. The summed E-state index contributed by atoms with van der Waals surface area (Å²) in [5, 5.41) is 0. The number of rotatable bonds is 0. The molecule has 1 aliphatic rings. The SMILES string of the molecule is Cl.Cl.Nc1cc2c(cc1N)OCCO2. The van der Waals surface area contributed by atoms with Crippen molar-refractivity contribution < 1.29 is 9.47 Å². The van der Waals surface area contributed by atoms with Gasteiger partial charge in [0, 0.05) is 12.1 Å². The topological polar surface area (TPSA) is 70.5 Å². The third-order valence-corrected chi connectivity index (χ3v) is 1.75. The average Bonchev–Trinajstić information content (AvgIpc) is 2.07. The first-order valence-corrected chi connectivity index (χ1v) is 3.72. The molecule has 0 spiro atoms. The number of nitrogen functional groups attached to an aromatic ring is 2. The van der Waals surface area contributed by atoms with Gasteiger partial charge in [-0.25, -0.2) is 0 Å². The van der Waals surface area contributed by atoms with E-state index in [4.69, 9.17) is 20.9 Å². The highest BCUT2D eigenvalue weighted by Crippen LogP contribution is 2.35. The van der Waals surface area contributed by atoms with Crippen molar-refractivity contribution >= 4 is 36.2 Å². The van der Waals surface area contributed by atoms with Crippen LogP contribution < -0.4 is 20.9 Å². The summed E-state index contributed by atoms with van der Waals surface area (Å²) < 4.78 is 10.6. The molecule has 1 aromatic carbocycles. The molecule has 1 aliphatic heterocycles. The van der Waals surface area contributed by atoms with Gasteiger partial charge in [-0.1, -0.05) is 0 Å². The van der Waals surface area contributed by atoms with Gasteiger partial charge in [-0.15, -0.1) is 24.8 Å². The van der Waals surface area contributed by atoms with E-state index < -0.39 is 0 Å². The molecule has 6 heteroatoms. The van der Waals surface area contributed by atoms with Gasteiger partial charge in [-0.05, 0) is 0 Å². The van der Waals surface area contributed by atoms with E-state index in [1.807, 2.05) is 0 Å². The lowest BCUT2D eigenvalue weighted by Crippen LogP contribution is -2.15. The Labute approximate surface area is 94.4 Å². The predicted octanol–water partition coefficient (Wildman–Crippen LogP) is 1.47. The molecule has 0 atom stereocenters. The van der Waals surface area contributed by atoms with Crippen LogP contribution in [0.3, 0.4) is 0 Å². The Morgan fingerprint density at radius 2 is 1.21 bits per heavy atom. The lowest BCUT2D eigenvalue weighted by Gasteiger charge is -2.19. The highest BCUT2D eigenvalue weighted by Gasteiger charge is 2.12. The Morgan fingerprint density at radius 1 is 0.857 bits per heavy atom. The monoisotopic (exact) mass is 238 g/mol. The van der Waals surface area contributed by atoms with Gasteiger partial charge in [0.05, 0.1) is 11.4 Å². The van der Waals surface area contributed by atoms with Gasteiger partial charge in [0.1, 0.15) is 13.2 Å². The molecular weight excluding hydrogens is 227 g/mol. The molecule has 4 nitrogen and oxygen atoms in total. The van der Waals surface area contributed by atoms with Gasteiger partial charge in [0.15, 0.2) is 11.5 Å². The molecule has 0 unspecified atom stereocenters. The lowest BCUT2D eigenvalue weighted by atomic mass is 10.2. The molecule has 0 fully saturated rings. The molecule has 2 rings (SSSR count). The number of benzene rings is 1. The van der Waals surface area contributed by atoms with E-state index in [0.29, 0.717) is 36.1 Å². The Hall–Kier alpha value is -1.00. The van der Waals surface area contributed by atoms with Crippen molar-refractivity contribution in [2.24, 2.45) is 0 Å². The van der Waals surface area contributed by atoms with Crippen LogP contribution in [0.5, 0.6) is 11.5 Å². The van der Waals surface area contributed by atoms with Gasteiger partial charge >= 0.3 is 0 Å². The molecule has 14 heavy (non-hydrogen) atoms. The van der Waals surface area contributed by atoms with Gasteiger partial charge in [0.25, 0.3) is 0 Å². The summed E-state index contributed by atoms with van der Waals surface area (Å²) in [5.41, 5.74) is 12.2. The standard InChI is InChI=1S/C8H10N2O2.2ClH/c9-5-3-7-8(4-6(5)10)12-2-1-11-7;;/h3-4H,1-2,9-10H2;2*1H. The number of anilines is 2. The molecule has 80 valence electrons. The van der Waals surface area contributed by atoms with E-state index in [1.54, 1.807) is 12.1 Å². The molecular formula is C8H12Cl2N2O2. The minimum atomic E-state index is 0. The molecule has 0 radical (unpaired) electrons. The van der Waals surface area contributed by atoms with Crippen molar-refractivity contribution in [1.82, 2.24) is 0 Å². The summed E-state index contributed by atoms with van der Waals surface area (Å²) in [6.45, 7) is 1.13. The quantitative estimate of drug-likeness (QED) is 0.672. The lowest BCUT2D eigenvalue weighted by molar-refractivity contribution is 0.172. The predicted molar refractivity (Wildman–Crippen MR) is 60.8 cm³/mol. The largest absolute Gasteiger partial charge is 0.486 e. The van der Waals surface area contributed by atoms with E-state index >= 15 is 0 Å². The molecule has 0 amide bonds. The second-order valence-electron chi connectivity index (χ2n) is 2.62. The summed E-state index contributed by atoms with van der Waals surface area (Å²) in [4.78, 5) is 0. The Bertz CT molecular complexity index is 289. The van der Waals surface area contributed by atoms with E-state index in [1.165, 1.54) is 0 Å². The van der Waals surface area contributed by atoms with E-state index in [-0.39, 0.29) is 24.8 Å². The summed E-state index contributed by atoms with van der Waals surface area (Å²) in [6, 6.07) is 3.37. The summed E-state index contributed by atoms with van der Waals surface area (Å²) in [6.07, 6.45) is 0. The number of hydrogen-bond donors (Lipinski definition) is 2.